The van der Waals surface area contributed by atoms with Gasteiger partial charge < -0.3 is 10.1 Å². The summed E-state index contributed by atoms with van der Waals surface area (Å²) in [6.07, 6.45) is -10.7. The Morgan fingerprint density at radius 1 is 1.07 bits per heavy atom. The molecule has 3 nitrogen and oxygen atoms in total. The van der Waals surface area contributed by atoms with Crippen molar-refractivity contribution in [1.82, 2.24) is 10.2 Å². The third-order valence-electron chi connectivity index (χ3n) is 3.85. The number of ether oxygens (including phenoxy) is 1. The zero-order valence-electron chi connectivity index (χ0n) is 13.9. The van der Waals surface area contributed by atoms with Gasteiger partial charge in [0.15, 0.2) is 0 Å². The van der Waals surface area contributed by atoms with Gasteiger partial charge in [-0.25, -0.2) is 0 Å². The Morgan fingerprint density at radius 3 is 2.19 bits per heavy atom. The summed E-state index contributed by atoms with van der Waals surface area (Å²) in [5.74, 6) is -0.471. The van der Waals surface area contributed by atoms with E-state index in [9.17, 15) is 26.3 Å². The van der Waals surface area contributed by atoms with E-state index in [1.54, 1.807) is 4.90 Å². The van der Waals surface area contributed by atoms with Crippen LogP contribution in [0.25, 0.3) is 0 Å². The molecule has 158 valence electrons. The lowest BCUT2D eigenvalue weighted by molar-refractivity contribution is -0.275. The number of alkyl halides is 6. The average molecular weight is 508 g/mol. The Kier molecular flexibility index (Phi) is 10.8. The van der Waals surface area contributed by atoms with Gasteiger partial charge in [-0.15, -0.1) is 38.0 Å². The van der Waals surface area contributed by atoms with Gasteiger partial charge in [0.05, 0.1) is 0 Å². The molecular weight excluding hydrogens is 489 g/mol. The monoisotopic (exact) mass is 506 g/mol. The van der Waals surface area contributed by atoms with Crippen LogP contribution in [0, 0.1) is 0 Å². The first-order valence-electron chi connectivity index (χ1n) is 7.62. The summed E-state index contributed by atoms with van der Waals surface area (Å²) in [6.45, 7) is 2.01. The molecule has 1 N–H and O–H groups in total. The fraction of sp³-hybridized carbons (Fsp3) is 0.600. The zero-order chi connectivity index (χ0) is 18.7. The minimum absolute atomic E-state index is 0. The topological polar surface area (TPSA) is 24.5 Å². The molecule has 0 saturated carbocycles. The molecule has 1 heterocycles. The van der Waals surface area contributed by atoms with Crippen LogP contribution in [0.15, 0.2) is 22.7 Å². The third-order valence-corrected chi connectivity index (χ3v) is 4.34. The maximum absolute atomic E-state index is 12.7. The Balaban J connectivity index is 0.00000338. The summed E-state index contributed by atoms with van der Waals surface area (Å²) in [7, 11) is 0. The normalized spacial score (nSPS) is 16.9. The molecule has 1 fully saturated rings. The predicted octanol–water partition coefficient (Wildman–Crippen LogP) is 5.48. The number of hydrogen-bond acceptors (Lipinski definition) is 3. The average Bonchev–Trinajstić information content (AvgIpc) is 2.49. The van der Waals surface area contributed by atoms with Gasteiger partial charge in [0.1, 0.15) is 5.75 Å². The number of benzene rings is 1. The maximum atomic E-state index is 12.7. The van der Waals surface area contributed by atoms with Crippen LogP contribution in [-0.2, 0) is 0 Å². The summed E-state index contributed by atoms with van der Waals surface area (Å²) >= 11 is 3.17. The van der Waals surface area contributed by atoms with Crippen molar-refractivity contribution in [2.45, 2.75) is 31.4 Å². The minimum atomic E-state index is -4.92. The molecule has 0 aliphatic carbocycles. The number of hydrogen-bond donors (Lipinski definition) is 1. The van der Waals surface area contributed by atoms with Crippen LogP contribution in [-0.4, -0.2) is 43.6 Å². The van der Waals surface area contributed by atoms with E-state index >= 15 is 0 Å². The fourth-order valence-electron chi connectivity index (χ4n) is 2.83. The fourth-order valence-corrected chi connectivity index (χ4v) is 3.21. The van der Waals surface area contributed by atoms with Crippen molar-refractivity contribution in [3.63, 3.8) is 0 Å². The van der Waals surface area contributed by atoms with E-state index in [1.807, 2.05) is 0 Å². The standard InChI is InChI=1S/C15H17BrF6N2O.2ClH/c16-10-1-2-13(25-15(20,21)22)11(9-10)12(3-4-14(17,18)19)24-7-5-23-6-8-24;;/h1-2,9,12,23H,3-8H2;2*1H/t12-;;/m0../s1. The zero-order valence-corrected chi connectivity index (χ0v) is 17.1. The molecule has 0 aromatic heterocycles. The molecule has 2 rings (SSSR count). The maximum Gasteiger partial charge on any atom is 0.573 e. The molecule has 1 aromatic carbocycles. The molecule has 0 unspecified atom stereocenters. The molecule has 1 atom stereocenters. The largest absolute Gasteiger partial charge is 0.573 e. The molecule has 1 aliphatic rings. The van der Waals surface area contributed by atoms with Crippen LogP contribution < -0.4 is 10.1 Å². The van der Waals surface area contributed by atoms with E-state index in [-0.39, 0.29) is 36.8 Å². The van der Waals surface area contributed by atoms with Crippen LogP contribution in [0.1, 0.15) is 24.4 Å². The highest BCUT2D eigenvalue weighted by molar-refractivity contribution is 9.10. The lowest BCUT2D eigenvalue weighted by Gasteiger charge is -2.36. The van der Waals surface area contributed by atoms with E-state index in [0.717, 1.165) is 6.07 Å². The predicted molar refractivity (Wildman–Crippen MR) is 97.8 cm³/mol. The number of piperazine rings is 1. The van der Waals surface area contributed by atoms with Crippen molar-refractivity contribution in [2.24, 2.45) is 0 Å². The highest BCUT2D eigenvalue weighted by Gasteiger charge is 2.36. The van der Waals surface area contributed by atoms with E-state index in [0.29, 0.717) is 30.7 Å². The Morgan fingerprint density at radius 2 is 1.67 bits per heavy atom. The van der Waals surface area contributed by atoms with Crippen LogP contribution in [0.4, 0.5) is 26.3 Å². The third kappa shape index (κ3) is 9.08. The molecule has 12 heteroatoms. The molecule has 1 saturated heterocycles. The lowest BCUT2D eigenvalue weighted by atomic mass is 9.98. The van der Waals surface area contributed by atoms with E-state index in [2.05, 4.69) is 26.0 Å². The molecule has 1 aromatic rings. The molecule has 0 amide bonds. The number of nitrogens with one attached hydrogen (secondary N) is 1. The SMILES string of the molecule is Cl.Cl.FC(F)(F)CC[C@@H](c1cc(Br)ccc1OC(F)(F)F)N1CCNCC1. The lowest BCUT2D eigenvalue weighted by Crippen LogP contribution is -2.45. The van der Waals surface area contributed by atoms with Gasteiger partial charge in [-0.3, -0.25) is 4.90 Å². The van der Waals surface area contributed by atoms with Crippen LogP contribution in [0.5, 0.6) is 5.75 Å². The van der Waals surface area contributed by atoms with E-state index < -0.39 is 30.8 Å². The van der Waals surface area contributed by atoms with Gasteiger partial charge in [-0.05, 0) is 24.6 Å². The van der Waals surface area contributed by atoms with E-state index in [4.69, 9.17) is 0 Å². The van der Waals surface area contributed by atoms with Gasteiger partial charge >= 0.3 is 12.5 Å². The molecule has 0 spiro atoms. The minimum Gasteiger partial charge on any atom is -0.405 e. The Labute approximate surface area is 173 Å². The van der Waals surface area contributed by atoms with Crippen molar-refractivity contribution in [3.8, 4) is 5.75 Å². The second-order valence-corrected chi connectivity index (χ2v) is 6.60. The molecular formula is C15H19BrCl2F6N2O. The van der Waals surface area contributed by atoms with Crippen molar-refractivity contribution in [1.29, 1.82) is 0 Å². The van der Waals surface area contributed by atoms with Gasteiger partial charge in [0.2, 0.25) is 0 Å². The highest BCUT2D eigenvalue weighted by Crippen LogP contribution is 2.39. The molecule has 0 bridgehead atoms. The highest BCUT2D eigenvalue weighted by atomic mass is 79.9. The van der Waals surface area contributed by atoms with Gasteiger partial charge in [-0.1, -0.05) is 15.9 Å². The van der Waals surface area contributed by atoms with Crippen LogP contribution >= 0.6 is 40.7 Å². The van der Waals surface area contributed by atoms with Crippen molar-refractivity contribution < 1.29 is 31.1 Å². The first-order chi connectivity index (χ1) is 11.6. The molecule has 0 radical (unpaired) electrons. The number of rotatable bonds is 5. The van der Waals surface area contributed by atoms with Crippen molar-refractivity contribution >= 4 is 40.7 Å². The number of nitrogens with zero attached hydrogens (tertiary/aromatic N) is 1. The summed E-state index contributed by atoms with van der Waals surface area (Å²) in [5.41, 5.74) is 0.0952. The van der Waals surface area contributed by atoms with Gasteiger partial charge in [0.25, 0.3) is 0 Å². The first-order valence-corrected chi connectivity index (χ1v) is 8.41. The van der Waals surface area contributed by atoms with Gasteiger partial charge in [-0.2, -0.15) is 13.2 Å². The Hall–Kier alpha value is -0.420. The quantitative estimate of drug-likeness (QED) is 0.534. The summed E-state index contributed by atoms with van der Waals surface area (Å²) in [4.78, 5) is 1.76. The van der Waals surface area contributed by atoms with Crippen molar-refractivity contribution in [3.05, 3.63) is 28.2 Å². The van der Waals surface area contributed by atoms with Crippen LogP contribution in [0.3, 0.4) is 0 Å². The second-order valence-electron chi connectivity index (χ2n) is 5.69. The second kappa shape index (κ2) is 10.9. The Bertz CT molecular complexity index is 582. The molecule has 1 aliphatic heterocycles. The van der Waals surface area contributed by atoms with Crippen molar-refractivity contribution in [2.75, 3.05) is 26.2 Å². The summed E-state index contributed by atoms with van der Waals surface area (Å²) in [5, 5.41) is 3.07. The number of halogens is 9. The van der Waals surface area contributed by atoms with E-state index in [1.165, 1.54) is 12.1 Å². The summed E-state index contributed by atoms with van der Waals surface area (Å²) in [6, 6.07) is 3.06. The van der Waals surface area contributed by atoms with Gasteiger partial charge in [0, 0.05) is 48.7 Å². The van der Waals surface area contributed by atoms with Crippen LogP contribution in [0.2, 0.25) is 0 Å². The molecule has 27 heavy (non-hydrogen) atoms. The first kappa shape index (κ1) is 26.6. The summed E-state index contributed by atoms with van der Waals surface area (Å²) < 4.78 is 80.6. The smallest absolute Gasteiger partial charge is 0.405 e.